The largest absolute Gasteiger partial charge is 0.300 e. The number of carbonyl (C=O) groups is 1. The smallest absolute Gasteiger partial charge is 0.148 e. The van der Waals surface area contributed by atoms with Crippen molar-refractivity contribution in [1.29, 1.82) is 0 Å². The third-order valence-corrected chi connectivity index (χ3v) is 3.02. The van der Waals surface area contributed by atoms with Crippen molar-refractivity contribution in [3.05, 3.63) is 34.9 Å². The van der Waals surface area contributed by atoms with Crippen molar-refractivity contribution in [2.45, 2.75) is 18.9 Å². The molecular formula is C11H13Cl2NO. The molecule has 0 amide bonds. The number of carbonyl (C=O) groups excluding carboxylic acids is 1. The van der Waals surface area contributed by atoms with Crippen LogP contribution in [0.3, 0.4) is 0 Å². The number of hydrogen-bond acceptors (Lipinski definition) is 2. The number of Topliss-reactive ketones (excluding diaryl/α,β-unsaturated/α-hetero) is 1. The topological polar surface area (TPSA) is 29.1 Å². The Morgan fingerprint density at radius 1 is 1.40 bits per heavy atom. The molecule has 4 heteroatoms. The van der Waals surface area contributed by atoms with Crippen LogP contribution < -0.4 is 5.32 Å². The molecule has 0 saturated carbocycles. The number of nitrogens with one attached hydrogen (secondary N) is 1. The first-order valence-corrected chi connectivity index (χ1v) is 5.01. The van der Waals surface area contributed by atoms with Gasteiger partial charge in [0.15, 0.2) is 0 Å². The highest BCUT2D eigenvalue weighted by Crippen LogP contribution is 2.33. The second-order valence-corrected chi connectivity index (χ2v) is 4.29. The van der Waals surface area contributed by atoms with Gasteiger partial charge in [-0.3, -0.25) is 4.79 Å². The molecule has 0 aromatic heterocycles. The quantitative estimate of drug-likeness (QED) is 0.825. The van der Waals surface area contributed by atoms with E-state index in [1.165, 1.54) is 0 Å². The Labute approximate surface area is 100 Å². The van der Waals surface area contributed by atoms with Crippen LogP contribution in [0.15, 0.2) is 24.3 Å². The third kappa shape index (κ3) is 2.33. The zero-order valence-corrected chi connectivity index (χ0v) is 9.99. The zero-order valence-electron chi connectivity index (χ0n) is 8.42. The van der Waals surface area contributed by atoms with Gasteiger partial charge in [0.2, 0.25) is 0 Å². The second kappa shape index (κ2) is 4.52. The fourth-order valence-electron chi connectivity index (χ4n) is 1.91. The van der Waals surface area contributed by atoms with Gasteiger partial charge in [0.05, 0.1) is 6.54 Å². The van der Waals surface area contributed by atoms with E-state index >= 15 is 0 Å². The summed E-state index contributed by atoms with van der Waals surface area (Å²) in [5, 5.41) is 3.93. The standard InChI is InChI=1S/C11H12ClNO.ClH/c1-11(6-8(14)7-13-11)9-4-2-3-5-10(9)12;/h2-5,13H,6-7H2,1H3;1H. The molecular weight excluding hydrogens is 233 g/mol. The molecule has 0 radical (unpaired) electrons. The monoisotopic (exact) mass is 245 g/mol. The maximum atomic E-state index is 11.2. The van der Waals surface area contributed by atoms with Crippen molar-refractivity contribution in [3.63, 3.8) is 0 Å². The molecule has 1 saturated heterocycles. The van der Waals surface area contributed by atoms with Gasteiger partial charge < -0.3 is 5.32 Å². The van der Waals surface area contributed by atoms with Gasteiger partial charge in [0.25, 0.3) is 0 Å². The van der Waals surface area contributed by atoms with Crippen molar-refractivity contribution >= 4 is 29.8 Å². The molecule has 1 unspecified atom stereocenters. The average molecular weight is 246 g/mol. The summed E-state index contributed by atoms with van der Waals surface area (Å²) in [5.41, 5.74) is 0.725. The van der Waals surface area contributed by atoms with E-state index in [-0.39, 0.29) is 23.7 Å². The summed E-state index contributed by atoms with van der Waals surface area (Å²) >= 11 is 6.09. The van der Waals surface area contributed by atoms with Crippen LogP contribution in [0.25, 0.3) is 0 Å². The first-order valence-electron chi connectivity index (χ1n) is 4.63. The maximum absolute atomic E-state index is 11.2. The maximum Gasteiger partial charge on any atom is 0.148 e. The number of hydrogen-bond donors (Lipinski definition) is 1. The highest BCUT2D eigenvalue weighted by molar-refractivity contribution is 6.31. The molecule has 1 heterocycles. The van der Waals surface area contributed by atoms with Crippen LogP contribution in [0.4, 0.5) is 0 Å². The van der Waals surface area contributed by atoms with Crippen molar-refractivity contribution in [1.82, 2.24) is 5.32 Å². The van der Waals surface area contributed by atoms with E-state index in [1.807, 2.05) is 31.2 Å². The summed E-state index contributed by atoms with van der Waals surface area (Å²) in [7, 11) is 0. The predicted molar refractivity (Wildman–Crippen MR) is 63.7 cm³/mol. The number of rotatable bonds is 1. The van der Waals surface area contributed by atoms with Gasteiger partial charge in [0.1, 0.15) is 5.78 Å². The van der Waals surface area contributed by atoms with Crippen molar-refractivity contribution in [2.75, 3.05) is 6.54 Å². The van der Waals surface area contributed by atoms with Crippen LogP contribution in [-0.2, 0) is 10.3 Å². The lowest BCUT2D eigenvalue weighted by molar-refractivity contribution is -0.116. The van der Waals surface area contributed by atoms with Gasteiger partial charge in [-0.15, -0.1) is 12.4 Å². The first kappa shape index (κ1) is 12.5. The molecule has 15 heavy (non-hydrogen) atoms. The van der Waals surface area contributed by atoms with E-state index < -0.39 is 0 Å². The Balaban J connectivity index is 0.00000112. The Morgan fingerprint density at radius 2 is 2.07 bits per heavy atom. The minimum absolute atomic E-state index is 0. The van der Waals surface area contributed by atoms with Crippen molar-refractivity contribution in [3.8, 4) is 0 Å². The lowest BCUT2D eigenvalue weighted by Crippen LogP contribution is -2.33. The molecule has 82 valence electrons. The van der Waals surface area contributed by atoms with E-state index in [2.05, 4.69) is 5.32 Å². The van der Waals surface area contributed by atoms with E-state index in [9.17, 15) is 4.79 Å². The molecule has 0 bridgehead atoms. The minimum atomic E-state index is -0.282. The number of benzene rings is 1. The highest BCUT2D eigenvalue weighted by atomic mass is 35.5. The Kier molecular flexibility index (Phi) is 3.77. The molecule has 1 aromatic carbocycles. The number of halogens is 2. The van der Waals surface area contributed by atoms with Crippen LogP contribution in [-0.4, -0.2) is 12.3 Å². The van der Waals surface area contributed by atoms with Crippen LogP contribution in [0, 0.1) is 0 Å². The van der Waals surface area contributed by atoms with Crippen LogP contribution >= 0.6 is 24.0 Å². The summed E-state index contributed by atoms with van der Waals surface area (Å²) in [6.07, 6.45) is 0.525. The molecule has 0 aliphatic carbocycles. The Morgan fingerprint density at radius 3 is 2.60 bits per heavy atom. The fraction of sp³-hybridized carbons (Fsp3) is 0.364. The SMILES string of the molecule is CC1(c2ccccc2Cl)CC(=O)CN1.Cl. The summed E-state index contributed by atoms with van der Waals surface area (Å²) in [6.45, 7) is 2.46. The Bertz CT molecular complexity index is 381. The highest BCUT2D eigenvalue weighted by Gasteiger charge is 2.36. The first-order chi connectivity index (χ1) is 6.62. The lowest BCUT2D eigenvalue weighted by Gasteiger charge is -2.24. The van der Waals surface area contributed by atoms with Gasteiger partial charge in [0, 0.05) is 17.0 Å². The van der Waals surface area contributed by atoms with Crippen LogP contribution in [0.1, 0.15) is 18.9 Å². The van der Waals surface area contributed by atoms with Gasteiger partial charge in [-0.25, -0.2) is 0 Å². The van der Waals surface area contributed by atoms with Crippen molar-refractivity contribution in [2.24, 2.45) is 0 Å². The molecule has 1 fully saturated rings. The summed E-state index contributed by atoms with van der Waals surface area (Å²) in [4.78, 5) is 11.2. The van der Waals surface area contributed by atoms with Gasteiger partial charge in [-0.1, -0.05) is 29.8 Å². The summed E-state index contributed by atoms with van der Waals surface area (Å²) in [6, 6.07) is 7.66. The minimum Gasteiger partial charge on any atom is -0.300 e. The number of ketones is 1. The Hall–Kier alpha value is -0.570. The van der Waals surface area contributed by atoms with Gasteiger partial charge in [-0.2, -0.15) is 0 Å². The molecule has 1 aliphatic rings. The molecule has 1 aromatic rings. The molecule has 1 atom stereocenters. The zero-order chi connectivity index (χ0) is 10.2. The van der Waals surface area contributed by atoms with Crippen molar-refractivity contribution < 1.29 is 4.79 Å². The molecule has 1 N–H and O–H groups in total. The van der Waals surface area contributed by atoms with E-state index in [4.69, 9.17) is 11.6 Å². The normalized spacial score (nSPS) is 25.1. The van der Waals surface area contributed by atoms with E-state index in [1.54, 1.807) is 0 Å². The van der Waals surface area contributed by atoms with Gasteiger partial charge >= 0.3 is 0 Å². The van der Waals surface area contributed by atoms with Crippen LogP contribution in [0.2, 0.25) is 5.02 Å². The summed E-state index contributed by atoms with van der Waals surface area (Å²) in [5.74, 6) is 0.243. The third-order valence-electron chi connectivity index (χ3n) is 2.69. The molecule has 2 rings (SSSR count). The lowest BCUT2D eigenvalue weighted by atomic mass is 9.90. The molecule has 2 nitrogen and oxygen atoms in total. The molecule has 0 spiro atoms. The predicted octanol–water partition coefficient (Wildman–Crippen LogP) is 2.54. The summed E-state index contributed by atoms with van der Waals surface area (Å²) < 4.78 is 0. The van der Waals surface area contributed by atoms with Crippen LogP contribution in [0.5, 0.6) is 0 Å². The van der Waals surface area contributed by atoms with E-state index in [0.29, 0.717) is 13.0 Å². The molecule has 1 aliphatic heterocycles. The van der Waals surface area contributed by atoms with Gasteiger partial charge in [-0.05, 0) is 18.6 Å². The fourth-order valence-corrected chi connectivity index (χ4v) is 2.26. The second-order valence-electron chi connectivity index (χ2n) is 3.88. The average Bonchev–Trinajstić information content (AvgIpc) is 2.48. The van der Waals surface area contributed by atoms with E-state index in [0.717, 1.165) is 10.6 Å².